The molecule has 0 saturated carbocycles. The maximum absolute atomic E-state index is 12.3. The van der Waals surface area contributed by atoms with Crippen LogP contribution in [0.25, 0.3) is 10.8 Å². The Morgan fingerprint density at radius 1 is 0.960 bits per heavy atom. The molecule has 4 nitrogen and oxygen atoms in total. The molecule has 1 aliphatic heterocycles. The maximum Gasteiger partial charge on any atom is 0.225 e. The van der Waals surface area contributed by atoms with E-state index in [9.17, 15) is 4.79 Å². The molecule has 0 spiro atoms. The highest BCUT2D eigenvalue weighted by molar-refractivity contribution is 6.01. The van der Waals surface area contributed by atoms with E-state index < -0.39 is 0 Å². The minimum absolute atomic E-state index is 0.0117. The Hall–Kier alpha value is -3.01. The van der Waals surface area contributed by atoms with Crippen LogP contribution in [0.5, 0.6) is 11.5 Å². The molecule has 0 aromatic heterocycles. The van der Waals surface area contributed by atoms with Gasteiger partial charge in [-0.05, 0) is 28.5 Å². The van der Waals surface area contributed by atoms with Crippen molar-refractivity contribution < 1.29 is 14.3 Å². The average molecular weight is 333 g/mol. The molecule has 126 valence electrons. The van der Waals surface area contributed by atoms with Crippen LogP contribution in [0.3, 0.4) is 0 Å². The molecule has 0 saturated heterocycles. The summed E-state index contributed by atoms with van der Waals surface area (Å²) in [5.41, 5.74) is 2.96. The van der Waals surface area contributed by atoms with Crippen molar-refractivity contribution in [2.24, 2.45) is 0 Å². The van der Waals surface area contributed by atoms with Crippen molar-refractivity contribution in [2.75, 3.05) is 19.5 Å². The standard InChI is InChI=1S/C21H19NO3/c1-24-18-9-5-8-15(21(18)25-2)16-12-19(23)22-17-11-10-13-6-3-4-7-14(13)20(16)17/h3-11,16H,12H2,1-2H3,(H,22,23)/t16-/m1/s1. The van der Waals surface area contributed by atoms with Gasteiger partial charge < -0.3 is 14.8 Å². The van der Waals surface area contributed by atoms with Crippen molar-refractivity contribution in [1.29, 1.82) is 0 Å². The summed E-state index contributed by atoms with van der Waals surface area (Å²) in [4.78, 5) is 12.3. The lowest BCUT2D eigenvalue weighted by atomic mass is 9.81. The van der Waals surface area contributed by atoms with Gasteiger partial charge >= 0.3 is 0 Å². The van der Waals surface area contributed by atoms with E-state index in [1.165, 1.54) is 0 Å². The van der Waals surface area contributed by atoms with Crippen LogP contribution in [-0.2, 0) is 4.79 Å². The number of ether oxygens (including phenoxy) is 2. The van der Waals surface area contributed by atoms with Crippen LogP contribution in [0.2, 0.25) is 0 Å². The molecule has 0 bridgehead atoms. The third-order valence-electron chi connectivity index (χ3n) is 4.79. The minimum atomic E-state index is -0.0834. The van der Waals surface area contributed by atoms with E-state index >= 15 is 0 Å². The molecule has 0 radical (unpaired) electrons. The van der Waals surface area contributed by atoms with Crippen molar-refractivity contribution in [3.8, 4) is 11.5 Å². The van der Waals surface area contributed by atoms with Crippen LogP contribution < -0.4 is 14.8 Å². The number of anilines is 1. The van der Waals surface area contributed by atoms with E-state index in [-0.39, 0.29) is 11.8 Å². The van der Waals surface area contributed by atoms with Crippen molar-refractivity contribution in [3.05, 3.63) is 65.7 Å². The Kier molecular flexibility index (Phi) is 3.80. The molecule has 1 heterocycles. The Bertz CT molecular complexity index is 965. The van der Waals surface area contributed by atoms with Gasteiger partial charge in [0, 0.05) is 23.6 Å². The van der Waals surface area contributed by atoms with Crippen molar-refractivity contribution >= 4 is 22.4 Å². The molecule has 1 N–H and O–H groups in total. The summed E-state index contributed by atoms with van der Waals surface area (Å²) < 4.78 is 11.1. The second kappa shape index (κ2) is 6.13. The zero-order chi connectivity index (χ0) is 17.4. The summed E-state index contributed by atoms with van der Waals surface area (Å²) in [6, 6.07) is 18.1. The number of hydrogen-bond donors (Lipinski definition) is 1. The fourth-order valence-electron chi connectivity index (χ4n) is 3.72. The second-order valence-corrected chi connectivity index (χ2v) is 6.14. The number of para-hydroxylation sites is 1. The summed E-state index contributed by atoms with van der Waals surface area (Å²) in [5.74, 6) is 1.29. The lowest BCUT2D eigenvalue weighted by Crippen LogP contribution is -2.24. The van der Waals surface area contributed by atoms with Gasteiger partial charge in [-0.1, -0.05) is 42.5 Å². The van der Waals surface area contributed by atoms with Crippen LogP contribution in [0.4, 0.5) is 5.69 Å². The summed E-state index contributed by atoms with van der Waals surface area (Å²) >= 11 is 0. The van der Waals surface area contributed by atoms with Gasteiger partial charge in [0.25, 0.3) is 0 Å². The first-order valence-electron chi connectivity index (χ1n) is 8.25. The molecule has 1 aliphatic rings. The third-order valence-corrected chi connectivity index (χ3v) is 4.79. The number of amides is 1. The SMILES string of the molecule is COc1cccc([C@H]2CC(=O)Nc3ccc4ccccc4c32)c1OC. The average Bonchev–Trinajstić information content (AvgIpc) is 2.66. The minimum Gasteiger partial charge on any atom is -0.493 e. The van der Waals surface area contributed by atoms with E-state index in [0.717, 1.165) is 27.6 Å². The molecule has 1 atom stereocenters. The zero-order valence-corrected chi connectivity index (χ0v) is 14.2. The third kappa shape index (κ3) is 2.50. The Balaban J connectivity index is 1.99. The summed E-state index contributed by atoms with van der Waals surface area (Å²) in [6.45, 7) is 0. The molecule has 3 aromatic rings. The normalized spacial score (nSPS) is 16.2. The molecule has 25 heavy (non-hydrogen) atoms. The van der Waals surface area contributed by atoms with E-state index in [2.05, 4.69) is 17.4 Å². The van der Waals surface area contributed by atoms with Crippen LogP contribution in [-0.4, -0.2) is 20.1 Å². The second-order valence-electron chi connectivity index (χ2n) is 6.14. The van der Waals surface area contributed by atoms with Crippen molar-refractivity contribution in [1.82, 2.24) is 0 Å². The fourth-order valence-corrected chi connectivity index (χ4v) is 3.72. The van der Waals surface area contributed by atoms with Gasteiger partial charge in [0.2, 0.25) is 5.91 Å². The molecule has 1 amide bonds. The van der Waals surface area contributed by atoms with Crippen molar-refractivity contribution in [2.45, 2.75) is 12.3 Å². The van der Waals surface area contributed by atoms with Crippen LogP contribution in [0.1, 0.15) is 23.5 Å². The van der Waals surface area contributed by atoms with Gasteiger partial charge in [-0.25, -0.2) is 0 Å². The number of fused-ring (bicyclic) bond motifs is 3. The van der Waals surface area contributed by atoms with Crippen molar-refractivity contribution in [3.63, 3.8) is 0 Å². The first-order valence-corrected chi connectivity index (χ1v) is 8.25. The largest absolute Gasteiger partial charge is 0.493 e. The van der Waals surface area contributed by atoms with Crippen LogP contribution in [0, 0.1) is 0 Å². The Labute approximate surface area is 146 Å². The van der Waals surface area contributed by atoms with Crippen LogP contribution in [0.15, 0.2) is 54.6 Å². The number of nitrogens with one attached hydrogen (secondary N) is 1. The Morgan fingerprint density at radius 2 is 1.80 bits per heavy atom. The number of methoxy groups -OCH3 is 2. The van der Waals surface area contributed by atoms with Gasteiger partial charge in [-0.3, -0.25) is 4.79 Å². The highest BCUT2D eigenvalue weighted by Crippen LogP contribution is 2.46. The molecule has 0 aliphatic carbocycles. The molecule has 0 unspecified atom stereocenters. The predicted octanol–water partition coefficient (Wildman–Crippen LogP) is 4.33. The van der Waals surface area contributed by atoms with Gasteiger partial charge in [-0.15, -0.1) is 0 Å². The van der Waals surface area contributed by atoms with Gasteiger partial charge in [0.15, 0.2) is 11.5 Å². The lowest BCUT2D eigenvalue weighted by molar-refractivity contribution is -0.116. The fraction of sp³-hybridized carbons (Fsp3) is 0.190. The topological polar surface area (TPSA) is 47.6 Å². The zero-order valence-electron chi connectivity index (χ0n) is 14.2. The maximum atomic E-state index is 12.3. The van der Waals surface area contributed by atoms with E-state index in [0.29, 0.717) is 17.9 Å². The number of carbonyl (C=O) groups is 1. The molecule has 4 heteroatoms. The lowest BCUT2D eigenvalue weighted by Gasteiger charge is -2.29. The monoisotopic (exact) mass is 333 g/mol. The smallest absolute Gasteiger partial charge is 0.225 e. The Morgan fingerprint density at radius 3 is 2.60 bits per heavy atom. The highest BCUT2D eigenvalue weighted by Gasteiger charge is 2.31. The first kappa shape index (κ1) is 15.5. The molecular weight excluding hydrogens is 314 g/mol. The van der Waals surface area contributed by atoms with E-state index in [1.807, 2.05) is 42.5 Å². The quantitative estimate of drug-likeness (QED) is 0.776. The predicted molar refractivity (Wildman–Crippen MR) is 98.6 cm³/mol. The number of benzene rings is 3. The van der Waals surface area contributed by atoms with Gasteiger partial charge in [0.1, 0.15) is 0 Å². The number of carbonyl (C=O) groups excluding carboxylic acids is 1. The first-order chi connectivity index (χ1) is 12.2. The highest BCUT2D eigenvalue weighted by atomic mass is 16.5. The molecular formula is C21H19NO3. The van der Waals surface area contributed by atoms with E-state index in [1.54, 1.807) is 14.2 Å². The van der Waals surface area contributed by atoms with Gasteiger partial charge in [0.05, 0.1) is 14.2 Å². The molecule has 3 aromatic carbocycles. The molecule has 4 rings (SSSR count). The molecule has 0 fully saturated rings. The van der Waals surface area contributed by atoms with Gasteiger partial charge in [-0.2, -0.15) is 0 Å². The summed E-state index contributed by atoms with van der Waals surface area (Å²) in [7, 11) is 3.26. The summed E-state index contributed by atoms with van der Waals surface area (Å²) in [6.07, 6.45) is 0.379. The summed E-state index contributed by atoms with van der Waals surface area (Å²) in [5, 5.41) is 5.31. The number of hydrogen-bond acceptors (Lipinski definition) is 3. The van der Waals surface area contributed by atoms with E-state index in [4.69, 9.17) is 9.47 Å². The number of rotatable bonds is 3. The van der Waals surface area contributed by atoms with Crippen LogP contribution >= 0.6 is 0 Å².